The molecule has 0 radical (unpaired) electrons. The van der Waals surface area contributed by atoms with Gasteiger partial charge in [-0.15, -0.1) is 0 Å². The summed E-state index contributed by atoms with van der Waals surface area (Å²) in [7, 11) is 7.20. The number of para-hydroxylation sites is 1. The van der Waals surface area contributed by atoms with Crippen LogP contribution in [0.3, 0.4) is 0 Å². The molecule has 2 N–H and O–H groups in total. The molecule has 2 heterocycles. The number of methoxy groups -OCH3 is 1. The molecule has 2 aromatic rings. The van der Waals surface area contributed by atoms with Crippen LogP contribution in [0.4, 0.5) is 5.69 Å². The van der Waals surface area contributed by atoms with Crippen molar-refractivity contribution in [3.63, 3.8) is 0 Å². The highest BCUT2D eigenvalue weighted by Gasteiger charge is 2.58. The molecule has 5 fully saturated rings. The van der Waals surface area contributed by atoms with Crippen LogP contribution >= 0.6 is 0 Å². The van der Waals surface area contributed by atoms with E-state index < -0.39 is 6.04 Å². The lowest BCUT2D eigenvalue weighted by atomic mass is 9.45. The van der Waals surface area contributed by atoms with Gasteiger partial charge >= 0.3 is 0 Å². The lowest BCUT2D eigenvalue weighted by Gasteiger charge is -2.62. The van der Waals surface area contributed by atoms with E-state index in [4.69, 9.17) is 14.3 Å². The van der Waals surface area contributed by atoms with Crippen molar-refractivity contribution < 1.29 is 23.9 Å². The fourth-order valence-electron chi connectivity index (χ4n) is 8.46. The fraction of sp³-hybridized carbons (Fsp3) is 0.600. The van der Waals surface area contributed by atoms with E-state index in [1.807, 2.05) is 61.3 Å². The summed E-state index contributed by atoms with van der Waals surface area (Å²) in [4.78, 5) is 35.2. The summed E-state index contributed by atoms with van der Waals surface area (Å²) in [5.74, 6) is 2.26. The molecule has 3 aliphatic carbocycles. The fourth-order valence-corrected chi connectivity index (χ4v) is 8.46. The number of amides is 2. The minimum atomic E-state index is -0.471. The van der Waals surface area contributed by atoms with Gasteiger partial charge < -0.3 is 25.0 Å². The molecule has 2 aromatic carbocycles. The first-order valence-electron chi connectivity index (χ1n) is 16.0. The van der Waals surface area contributed by atoms with Crippen molar-refractivity contribution in [2.24, 2.45) is 29.1 Å². The number of anilines is 1. The summed E-state index contributed by atoms with van der Waals surface area (Å²) in [6.07, 6.45) is 2.05. The van der Waals surface area contributed by atoms with Crippen LogP contribution in [0.1, 0.15) is 56.5 Å². The molecule has 9 nitrogen and oxygen atoms in total. The summed E-state index contributed by atoms with van der Waals surface area (Å²) in [6, 6.07) is 11.5. The van der Waals surface area contributed by atoms with E-state index >= 15 is 0 Å². The molecule has 2 saturated heterocycles. The van der Waals surface area contributed by atoms with E-state index in [2.05, 4.69) is 37.5 Å². The van der Waals surface area contributed by atoms with Crippen LogP contribution in [0, 0.1) is 29.1 Å². The SMILES string of the molecule is CNC(=O)c1cc(-c2cccc(CN3O[C@H]4CO[C@H](C)[C@H]4[C@H]3C(=O)N[C@H]3C[C@H]4C[C@@H]([C@@H]3C)C4(C)C)c2OC)cc(N(C)C)c1. The van der Waals surface area contributed by atoms with Crippen molar-refractivity contribution in [2.75, 3.05) is 39.8 Å². The Labute approximate surface area is 261 Å². The molecular weight excluding hydrogens is 556 g/mol. The van der Waals surface area contributed by atoms with Gasteiger partial charge in [-0.25, -0.2) is 0 Å². The van der Waals surface area contributed by atoms with Crippen molar-refractivity contribution in [3.8, 4) is 16.9 Å². The molecule has 9 heteroatoms. The number of nitrogens with zero attached hydrogens (tertiary/aromatic N) is 2. The van der Waals surface area contributed by atoms with Crippen LogP contribution in [0.5, 0.6) is 5.75 Å². The molecule has 0 aromatic heterocycles. The summed E-state index contributed by atoms with van der Waals surface area (Å²) in [5, 5.41) is 8.06. The molecule has 0 spiro atoms. The monoisotopic (exact) mass is 604 g/mol. The Bertz CT molecular complexity index is 1430. The standard InChI is InChI=1S/C35H48N4O5/c1-19-27-15-24(35(27,3)4)16-28(19)37-34(41)31-30-20(2)43-18-29(30)44-39(31)17-21-10-9-11-26(32(21)42-8)22-12-23(33(40)36-5)14-25(13-22)38(6)7/h9-14,19-20,24,27-31H,15-18H2,1-8H3,(H,36,40)(H,37,41)/t19-,20+,24+,27-,28-,29-,30+,31-/m0/s1. The topological polar surface area (TPSA) is 92.4 Å². The molecule has 238 valence electrons. The van der Waals surface area contributed by atoms with Gasteiger partial charge in [-0.3, -0.25) is 14.4 Å². The van der Waals surface area contributed by atoms with Crippen molar-refractivity contribution in [1.29, 1.82) is 0 Å². The number of fused-ring (bicyclic) bond motifs is 3. The maximum Gasteiger partial charge on any atom is 0.251 e. The molecule has 2 aliphatic heterocycles. The first-order valence-corrected chi connectivity index (χ1v) is 16.0. The van der Waals surface area contributed by atoms with Crippen LogP contribution in [0.25, 0.3) is 11.1 Å². The predicted molar refractivity (Wildman–Crippen MR) is 170 cm³/mol. The number of carbonyl (C=O) groups excluding carboxylic acids is 2. The normalized spacial score (nSPS) is 32.0. The predicted octanol–water partition coefficient (Wildman–Crippen LogP) is 4.49. The van der Waals surface area contributed by atoms with Crippen LogP contribution in [0.15, 0.2) is 36.4 Å². The first kappa shape index (κ1) is 30.9. The number of rotatable bonds is 8. The Morgan fingerprint density at radius 1 is 1.14 bits per heavy atom. The van der Waals surface area contributed by atoms with Crippen molar-refractivity contribution in [3.05, 3.63) is 47.5 Å². The van der Waals surface area contributed by atoms with Gasteiger partial charge in [0.1, 0.15) is 17.9 Å². The van der Waals surface area contributed by atoms with Gasteiger partial charge in [-0.1, -0.05) is 39.0 Å². The minimum absolute atomic E-state index is 0.0230. The Morgan fingerprint density at radius 3 is 2.57 bits per heavy atom. The van der Waals surface area contributed by atoms with E-state index in [9.17, 15) is 9.59 Å². The number of hydroxylamine groups is 2. The lowest BCUT2D eigenvalue weighted by Crippen LogP contribution is -2.62. The third-order valence-electron chi connectivity index (χ3n) is 11.3. The maximum absolute atomic E-state index is 14.1. The molecule has 2 amide bonds. The van der Waals surface area contributed by atoms with E-state index in [-0.39, 0.29) is 36.0 Å². The maximum atomic E-state index is 14.1. The Morgan fingerprint density at radius 2 is 1.91 bits per heavy atom. The van der Waals surface area contributed by atoms with Crippen LogP contribution in [-0.4, -0.2) is 76.0 Å². The lowest BCUT2D eigenvalue weighted by molar-refractivity contribution is -0.185. The molecule has 2 bridgehead atoms. The highest BCUT2D eigenvalue weighted by atomic mass is 16.7. The van der Waals surface area contributed by atoms with Gasteiger partial charge in [0.25, 0.3) is 5.91 Å². The van der Waals surface area contributed by atoms with Crippen LogP contribution in [-0.2, 0) is 20.9 Å². The molecule has 5 aliphatic rings. The van der Waals surface area contributed by atoms with E-state index in [0.717, 1.165) is 28.8 Å². The van der Waals surface area contributed by atoms with Gasteiger partial charge in [0.2, 0.25) is 5.91 Å². The Hall–Kier alpha value is -3.14. The second-order valence-corrected chi connectivity index (χ2v) is 14.1. The third kappa shape index (κ3) is 5.16. The number of benzene rings is 2. The highest BCUT2D eigenvalue weighted by molar-refractivity contribution is 5.97. The number of hydrogen-bond donors (Lipinski definition) is 2. The zero-order valence-corrected chi connectivity index (χ0v) is 27.3. The Balaban J connectivity index is 1.29. The molecule has 0 unspecified atom stereocenters. The number of carbonyl (C=O) groups is 2. The number of nitrogens with one attached hydrogen (secondary N) is 2. The quantitative estimate of drug-likeness (QED) is 0.459. The van der Waals surface area contributed by atoms with Crippen molar-refractivity contribution in [1.82, 2.24) is 15.7 Å². The summed E-state index contributed by atoms with van der Waals surface area (Å²) in [5.41, 5.74) is 4.48. The Kier molecular flexibility index (Phi) is 8.18. The molecule has 7 rings (SSSR count). The number of ether oxygens (including phenoxy) is 2. The van der Waals surface area contributed by atoms with E-state index in [1.54, 1.807) is 14.2 Å². The zero-order chi connectivity index (χ0) is 31.5. The second kappa shape index (κ2) is 11.7. The van der Waals surface area contributed by atoms with Crippen molar-refractivity contribution in [2.45, 2.75) is 71.4 Å². The van der Waals surface area contributed by atoms with E-state index in [0.29, 0.717) is 47.6 Å². The van der Waals surface area contributed by atoms with Crippen LogP contribution < -0.4 is 20.3 Å². The van der Waals surface area contributed by atoms with Crippen molar-refractivity contribution >= 4 is 17.5 Å². The summed E-state index contributed by atoms with van der Waals surface area (Å²) < 4.78 is 12.0. The minimum Gasteiger partial charge on any atom is -0.496 e. The van der Waals surface area contributed by atoms with Gasteiger partial charge in [-0.05, 0) is 66.7 Å². The van der Waals surface area contributed by atoms with Gasteiger partial charge in [0, 0.05) is 55.5 Å². The third-order valence-corrected chi connectivity index (χ3v) is 11.3. The van der Waals surface area contributed by atoms with Crippen LogP contribution in [0.2, 0.25) is 0 Å². The smallest absolute Gasteiger partial charge is 0.251 e. The largest absolute Gasteiger partial charge is 0.496 e. The number of hydrogen-bond acceptors (Lipinski definition) is 7. The second-order valence-electron chi connectivity index (χ2n) is 14.1. The molecular formula is C35H48N4O5. The average Bonchev–Trinajstić information content (AvgIpc) is 3.55. The summed E-state index contributed by atoms with van der Waals surface area (Å²) >= 11 is 0. The first-order chi connectivity index (χ1) is 20.9. The highest BCUT2D eigenvalue weighted by Crippen LogP contribution is 2.61. The summed E-state index contributed by atoms with van der Waals surface area (Å²) in [6.45, 7) is 9.96. The molecule has 3 saturated carbocycles. The molecule has 44 heavy (non-hydrogen) atoms. The van der Waals surface area contributed by atoms with Gasteiger partial charge in [0.15, 0.2) is 0 Å². The zero-order valence-electron chi connectivity index (χ0n) is 27.3. The van der Waals surface area contributed by atoms with Gasteiger partial charge in [-0.2, -0.15) is 5.06 Å². The molecule has 8 atom stereocenters. The average molecular weight is 605 g/mol. The van der Waals surface area contributed by atoms with E-state index in [1.165, 1.54) is 6.42 Å². The van der Waals surface area contributed by atoms with Gasteiger partial charge in [0.05, 0.1) is 26.4 Å².